The van der Waals surface area contributed by atoms with Crippen LogP contribution in [0.3, 0.4) is 0 Å². The van der Waals surface area contributed by atoms with Crippen molar-refractivity contribution in [1.82, 2.24) is 4.72 Å². The van der Waals surface area contributed by atoms with Gasteiger partial charge in [0, 0.05) is 18.9 Å². The summed E-state index contributed by atoms with van der Waals surface area (Å²) in [5, 5.41) is 0. The fourth-order valence-corrected chi connectivity index (χ4v) is 2.48. The monoisotopic (exact) mass is 191 g/mol. The van der Waals surface area contributed by atoms with E-state index in [9.17, 15) is 13.2 Å². The number of carbonyl (C=O) groups excluding carboxylic acids is 1. The average molecular weight is 191 g/mol. The highest BCUT2D eigenvalue weighted by atomic mass is 32.2. The lowest BCUT2D eigenvalue weighted by Crippen LogP contribution is -2.45. The van der Waals surface area contributed by atoms with Gasteiger partial charge in [-0.05, 0) is 6.42 Å². The predicted molar refractivity (Wildman–Crippen MR) is 45.2 cm³/mol. The minimum absolute atomic E-state index is 0.131. The molecule has 0 aromatic heterocycles. The first-order valence-electron chi connectivity index (χ1n) is 4.05. The van der Waals surface area contributed by atoms with E-state index in [0.29, 0.717) is 19.3 Å². The molecule has 70 valence electrons. The first-order chi connectivity index (χ1) is 5.53. The molecule has 0 aromatic rings. The molecule has 0 saturated heterocycles. The highest BCUT2D eigenvalue weighted by Crippen LogP contribution is 2.15. The first-order valence-corrected chi connectivity index (χ1v) is 5.70. The number of nitrogens with one attached hydrogen (secondary N) is 1. The first kappa shape index (κ1) is 9.67. The van der Waals surface area contributed by atoms with E-state index in [4.69, 9.17) is 0 Å². The van der Waals surface area contributed by atoms with Crippen LogP contribution >= 0.6 is 0 Å². The predicted octanol–water partition coefficient (Wildman–Crippen LogP) is 0.0473. The summed E-state index contributed by atoms with van der Waals surface area (Å²) >= 11 is 0. The van der Waals surface area contributed by atoms with Gasteiger partial charge >= 0.3 is 0 Å². The lowest BCUT2D eigenvalue weighted by atomic mass is 9.93. The Kier molecular flexibility index (Phi) is 2.85. The second-order valence-electron chi connectivity index (χ2n) is 3.08. The van der Waals surface area contributed by atoms with Crippen molar-refractivity contribution < 1.29 is 13.2 Å². The van der Waals surface area contributed by atoms with E-state index < -0.39 is 10.0 Å². The summed E-state index contributed by atoms with van der Waals surface area (Å²) < 4.78 is 24.7. The van der Waals surface area contributed by atoms with Crippen molar-refractivity contribution in [1.29, 1.82) is 0 Å². The number of Topliss-reactive ketones (excluding diaryl/α,β-unsaturated/α-hetero) is 1. The Morgan fingerprint density at radius 3 is 2.50 bits per heavy atom. The third-order valence-electron chi connectivity index (χ3n) is 1.77. The molecule has 0 aromatic carbocycles. The molecule has 1 rings (SSSR count). The van der Waals surface area contributed by atoms with Crippen molar-refractivity contribution in [2.24, 2.45) is 0 Å². The van der Waals surface area contributed by atoms with Crippen molar-refractivity contribution in [3.05, 3.63) is 0 Å². The number of rotatable bonds is 4. The maximum Gasteiger partial charge on any atom is 0.211 e. The number of hydrogen-bond donors (Lipinski definition) is 1. The molecule has 12 heavy (non-hydrogen) atoms. The van der Waals surface area contributed by atoms with Gasteiger partial charge in [0.1, 0.15) is 5.78 Å². The lowest BCUT2D eigenvalue weighted by Gasteiger charge is -2.24. The van der Waals surface area contributed by atoms with E-state index in [0.717, 1.165) is 0 Å². The molecule has 1 aliphatic carbocycles. The highest BCUT2D eigenvalue weighted by molar-refractivity contribution is 7.89. The molecule has 0 radical (unpaired) electrons. The van der Waals surface area contributed by atoms with Crippen molar-refractivity contribution in [3.8, 4) is 0 Å². The maximum absolute atomic E-state index is 11.1. The molecule has 0 spiro atoms. The van der Waals surface area contributed by atoms with Crippen molar-refractivity contribution in [2.45, 2.75) is 32.2 Å². The van der Waals surface area contributed by atoms with E-state index in [1.165, 1.54) is 0 Å². The molecule has 0 amide bonds. The molecular weight excluding hydrogens is 178 g/mol. The number of ketones is 1. The van der Waals surface area contributed by atoms with Gasteiger partial charge in [0.2, 0.25) is 10.0 Å². The van der Waals surface area contributed by atoms with Gasteiger partial charge in [-0.3, -0.25) is 4.79 Å². The minimum Gasteiger partial charge on any atom is -0.300 e. The van der Waals surface area contributed by atoms with E-state index in [1.54, 1.807) is 0 Å². The Balaban J connectivity index is 2.35. The molecule has 1 N–H and O–H groups in total. The summed E-state index contributed by atoms with van der Waals surface area (Å²) in [6.45, 7) is 1.81. The Morgan fingerprint density at radius 2 is 2.08 bits per heavy atom. The summed E-state index contributed by atoms with van der Waals surface area (Å²) in [5.41, 5.74) is 0. The van der Waals surface area contributed by atoms with Crippen LogP contribution in [0.2, 0.25) is 0 Å². The zero-order valence-corrected chi connectivity index (χ0v) is 7.86. The summed E-state index contributed by atoms with van der Waals surface area (Å²) in [6, 6.07) is -0.131. The van der Waals surface area contributed by atoms with Crippen LogP contribution in [-0.4, -0.2) is 26.0 Å². The molecule has 1 saturated carbocycles. The molecule has 0 unspecified atom stereocenters. The lowest BCUT2D eigenvalue weighted by molar-refractivity contribution is -0.124. The number of carbonyl (C=O) groups is 1. The summed E-state index contributed by atoms with van der Waals surface area (Å²) in [6.07, 6.45) is 1.34. The molecule has 1 aliphatic rings. The number of hydrogen-bond acceptors (Lipinski definition) is 3. The van der Waals surface area contributed by atoms with Gasteiger partial charge in [0.15, 0.2) is 0 Å². The van der Waals surface area contributed by atoms with Crippen molar-refractivity contribution in [3.63, 3.8) is 0 Å². The molecule has 5 heteroatoms. The largest absolute Gasteiger partial charge is 0.300 e. The second-order valence-corrected chi connectivity index (χ2v) is 4.95. The molecule has 0 aliphatic heterocycles. The van der Waals surface area contributed by atoms with Crippen molar-refractivity contribution >= 4 is 15.8 Å². The molecule has 1 fully saturated rings. The van der Waals surface area contributed by atoms with E-state index in [-0.39, 0.29) is 17.6 Å². The van der Waals surface area contributed by atoms with Crippen LogP contribution in [0.25, 0.3) is 0 Å². The van der Waals surface area contributed by atoms with Crippen LogP contribution in [0.5, 0.6) is 0 Å². The third kappa shape index (κ3) is 2.57. The Labute approximate surface area is 72.4 Å². The van der Waals surface area contributed by atoms with Crippen LogP contribution in [0.4, 0.5) is 0 Å². The Bertz CT molecular complexity index is 262. The molecule has 4 nitrogen and oxygen atoms in total. The normalized spacial score (nSPS) is 19.2. The minimum atomic E-state index is -3.12. The van der Waals surface area contributed by atoms with Crippen LogP contribution in [0.15, 0.2) is 0 Å². The molecule has 0 atom stereocenters. The highest BCUT2D eigenvalue weighted by Gasteiger charge is 2.29. The fraction of sp³-hybridized carbons (Fsp3) is 0.857. The van der Waals surface area contributed by atoms with Crippen LogP contribution in [-0.2, 0) is 14.8 Å². The topological polar surface area (TPSA) is 63.2 Å². The summed E-state index contributed by atoms with van der Waals surface area (Å²) in [7, 11) is -3.12. The molecule has 0 bridgehead atoms. The smallest absolute Gasteiger partial charge is 0.211 e. The second kappa shape index (κ2) is 3.53. The van der Waals surface area contributed by atoms with E-state index >= 15 is 0 Å². The van der Waals surface area contributed by atoms with Crippen LogP contribution < -0.4 is 4.72 Å². The van der Waals surface area contributed by atoms with Crippen molar-refractivity contribution in [2.75, 3.05) is 5.75 Å². The van der Waals surface area contributed by atoms with Crippen LogP contribution in [0, 0.1) is 0 Å². The summed E-state index contributed by atoms with van der Waals surface area (Å²) in [5.74, 6) is 0.289. The van der Waals surface area contributed by atoms with Gasteiger partial charge in [-0.25, -0.2) is 13.1 Å². The van der Waals surface area contributed by atoms with Gasteiger partial charge in [0.05, 0.1) is 5.75 Å². The zero-order valence-electron chi connectivity index (χ0n) is 7.04. The zero-order chi connectivity index (χ0) is 9.19. The van der Waals surface area contributed by atoms with Crippen LogP contribution in [0.1, 0.15) is 26.2 Å². The average Bonchev–Trinajstić information content (AvgIpc) is 1.83. The van der Waals surface area contributed by atoms with Gasteiger partial charge in [0.25, 0.3) is 0 Å². The van der Waals surface area contributed by atoms with E-state index in [1.807, 2.05) is 6.92 Å². The Hall–Kier alpha value is -0.420. The molecular formula is C7H13NO3S. The number of sulfonamides is 1. The van der Waals surface area contributed by atoms with E-state index in [2.05, 4.69) is 4.72 Å². The molecule has 0 heterocycles. The van der Waals surface area contributed by atoms with Gasteiger partial charge in [-0.15, -0.1) is 0 Å². The standard InChI is InChI=1S/C7H13NO3S/c1-2-3-12(10,11)8-6-4-7(9)5-6/h6,8H,2-5H2,1H3. The fourth-order valence-electron chi connectivity index (χ4n) is 1.15. The van der Waals surface area contributed by atoms with Gasteiger partial charge in [-0.2, -0.15) is 0 Å². The Morgan fingerprint density at radius 1 is 1.50 bits per heavy atom. The SMILES string of the molecule is CCCS(=O)(=O)NC1CC(=O)C1. The third-order valence-corrected chi connectivity index (χ3v) is 3.41. The maximum atomic E-state index is 11.1. The van der Waals surface area contributed by atoms with Gasteiger partial charge in [-0.1, -0.05) is 6.92 Å². The van der Waals surface area contributed by atoms with Gasteiger partial charge < -0.3 is 0 Å². The quantitative estimate of drug-likeness (QED) is 0.682. The summed E-state index contributed by atoms with van der Waals surface area (Å²) in [4.78, 5) is 10.5.